The SMILES string of the molecule is CCCCCCCCCCCCOP(=O)([O-])[O-].O.[Na+].[Na+]. The molecular weight excluding hydrogens is 301 g/mol. The summed E-state index contributed by atoms with van der Waals surface area (Å²) in [7, 11) is -4.74. The molecule has 0 heterocycles. The number of rotatable bonds is 12. The van der Waals surface area contributed by atoms with Gasteiger partial charge in [0.25, 0.3) is 0 Å². The van der Waals surface area contributed by atoms with Crippen LogP contribution in [0.25, 0.3) is 0 Å². The van der Waals surface area contributed by atoms with E-state index in [0.29, 0.717) is 6.42 Å². The van der Waals surface area contributed by atoms with Crippen molar-refractivity contribution in [1.29, 1.82) is 0 Å². The second-order valence-electron chi connectivity index (χ2n) is 4.46. The van der Waals surface area contributed by atoms with Gasteiger partial charge in [0.05, 0.1) is 14.4 Å². The van der Waals surface area contributed by atoms with Crippen molar-refractivity contribution < 1.29 is 83.5 Å². The van der Waals surface area contributed by atoms with Crippen LogP contribution in [0, 0.1) is 0 Å². The smallest absolute Gasteiger partial charge is 0.790 e. The molecule has 0 bridgehead atoms. The first-order valence-electron chi connectivity index (χ1n) is 6.73. The third-order valence-corrected chi connectivity index (χ3v) is 3.25. The average molecular weight is 328 g/mol. The predicted octanol–water partition coefficient (Wildman–Crippen LogP) is -4.06. The third kappa shape index (κ3) is 28.3. The minimum absolute atomic E-state index is 0. The van der Waals surface area contributed by atoms with Crippen molar-refractivity contribution >= 4 is 7.82 Å². The normalized spacial score (nSPS) is 10.2. The molecule has 0 spiro atoms. The van der Waals surface area contributed by atoms with E-state index >= 15 is 0 Å². The summed E-state index contributed by atoms with van der Waals surface area (Å²) in [5, 5.41) is 0. The van der Waals surface area contributed by atoms with E-state index in [1.807, 2.05) is 0 Å². The maximum atomic E-state index is 10.1. The van der Waals surface area contributed by atoms with Gasteiger partial charge in [-0.3, -0.25) is 0 Å². The van der Waals surface area contributed by atoms with E-state index in [0.717, 1.165) is 12.8 Å². The summed E-state index contributed by atoms with van der Waals surface area (Å²) in [4.78, 5) is 20.3. The summed E-state index contributed by atoms with van der Waals surface area (Å²) in [6.07, 6.45) is 11.7. The van der Waals surface area contributed by atoms with Crippen molar-refractivity contribution in [2.24, 2.45) is 0 Å². The van der Waals surface area contributed by atoms with Crippen LogP contribution >= 0.6 is 7.82 Å². The van der Waals surface area contributed by atoms with Crippen LogP contribution in [0.2, 0.25) is 0 Å². The molecule has 112 valence electrons. The van der Waals surface area contributed by atoms with Gasteiger partial charge in [-0.25, -0.2) is 0 Å². The summed E-state index contributed by atoms with van der Waals surface area (Å²) < 4.78 is 14.3. The van der Waals surface area contributed by atoms with Gasteiger partial charge >= 0.3 is 59.1 Å². The Labute approximate surface area is 167 Å². The zero-order valence-electron chi connectivity index (χ0n) is 13.4. The third-order valence-electron chi connectivity index (χ3n) is 2.75. The summed E-state index contributed by atoms with van der Waals surface area (Å²) in [6.45, 7) is 2.26. The van der Waals surface area contributed by atoms with Gasteiger partial charge in [-0.1, -0.05) is 64.7 Å². The van der Waals surface area contributed by atoms with Crippen LogP contribution in [0.15, 0.2) is 0 Å². The number of hydrogen-bond acceptors (Lipinski definition) is 4. The van der Waals surface area contributed by atoms with Crippen molar-refractivity contribution in [2.45, 2.75) is 71.1 Å². The van der Waals surface area contributed by atoms with Crippen LogP contribution in [-0.4, -0.2) is 12.1 Å². The molecule has 0 amide bonds. The van der Waals surface area contributed by atoms with Gasteiger partial charge in [-0.15, -0.1) is 0 Å². The standard InChI is InChI=1S/C12H27O4P.2Na.H2O/c1-2-3-4-5-6-7-8-9-10-11-12-16-17(13,14)15;;;/h2-12H2,1H3,(H2,13,14,15);;;1H2/q;2*+1;/p-2. The molecule has 0 aromatic heterocycles. The van der Waals surface area contributed by atoms with Crippen molar-refractivity contribution in [1.82, 2.24) is 0 Å². The zero-order valence-corrected chi connectivity index (χ0v) is 18.3. The topological polar surface area (TPSA) is 104 Å². The molecule has 0 aromatic rings. The largest absolute Gasteiger partial charge is 1.00 e. The molecule has 0 aliphatic heterocycles. The van der Waals surface area contributed by atoms with Gasteiger partial charge in [0.2, 0.25) is 0 Å². The van der Waals surface area contributed by atoms with Crippen LogP contribution in [-0.2, 0) is 9.09 Å². The minimum Gasteiger partial charge on any atom is -0.790 e. The van der Waals surface area contributed by atoms with Crippen molar-refractivity contribution in [2.75, 3.05) is 6.61 Å². The number of unbranched alkanes of at least 4 members (excludes halogenated alkanes) is 9. The number of phosphoric acid groups is 1. The molecule has 0 aliphatic carbocycles. The van der Waals surface area contributed by atoms with E-state index in [2.05, 4.69) is 11.4 Å². The molecule has 0 rings (SSSR count). The molecule has 0 saturated carbocycles. The molecule has 0 fully saturated rings. The Kier molecular flexibility index (Phi) is 31.6. The Morgan fingerprint density at radius 3 is 1.50 bits per heavy atom. The minimum atomic E-state index is -4.74. The quantitative estimate of drug-likeness (QED) is 0.206. The first-order valence-corrected chi connectivity index (χ1v) is 8.19. The van der Waals surface area contributed by atoms with Gasteiger partial charge in [0.1, 0.15) is 0 Å². The van der Waals surface area contributed by atoms with Crippen molar-refractivity contribution in [3.05, 3.63) is 0 Å². The van der Waals surface area contributed by atoms with Gasteiger partial charge in [0, 0.05) is 0 Å². The predicted molar refractivity (Wildman–Crippen MR) is 69.0 cm³/mol. The molecule has 2 N–H and O–H groups in total. The van der Waals surface area contributed by atoms with Crippen molar-refractivity contribution in [3.8, 4) is 0 Å². The summed E-state index contributed by atoms with van der Waals surface area (Å²) in [5.74, 6) is 0. The van der Waals surface area contributed by atoms with Crippen LogP contribution < -0.4 is 68.9 Å². The maximum absolute atomic E-state index is 10.1. The average Bonchev–Trinajstić information content (AvgIpc) is 2.24. The molecule has 0 atom stereocenters. The summed E-state index contributed by atoms with van der Waals surface area (Å²) in [6, 6.07) is 0. The van der Waals surface area contributed by atoms with Gasteiger partial charge in [-0.2, -0.15) is 0 Å². The van der Waals surface area contributed by atoms with E-state index in [9.17, 15) is 14.4 Å². The fourth-order valence-corrected chi connectivity index (χ4v) is 2.12. The molecular formula is C12H27Na2O5P. The maximum Gasteiger partial charge on any atom is 1.00 e. The first kappa shape index (κ1) is 30.0. The Morgan fingerprint density at radius 2 is 1.15 bits per heavy atom. The molecule has 0 aliphatic rings. The van der Waals surface area contributed by atoms with Crippen LogP contribution in [0.1, 0.15) is 71.1 Å². The van der Waals surface area contributed by atoms with E-state index in [1.54, 1.807) is 0 Å². The molecule has 20 heavy (non-hydrogen) atoms. The van der Waals surface area contributed by atoms with Gasteiger partial charge in [-0.05, 0) is 6.42 Å². The van der Waals surface area contributed by atoms with Gasteiger partial charge < -0.3 is 24.4 Å². The first-order chi connectivity index (χ1) is 8.06. The van der Waals surface area contributed by atoms with Crippen LogP contribution in [0.5, 0.6) is 0 Å². The molecule has 0 saturated heterocycles. The van der Waals surface area contributed by atoms with Gasteiger partial charge in [0.15, 0.2) is 0 Å². The monoisotopic (exact) mass is 328 g/mol. The Balaban J connectivity index is -0.000000427. The number of hydrogen-bond donors (Lipinski definition) is 0. The van der Waals surface area contributed by atoms with E-state index in [1.165, 1.54) is 44.9 Å². The molecule has 0 unspecified atom stereocenters. The summed E-state index contributed by atoms with van der Waals surface area (Å²) >= 11 is 0. The van der Waals surface area contributed by atoms with Crippen LogP contribution in [0.3, 0.4) is 0 Å². The fraction of sp³-hybridized carbons (Fsp3) is 1.00. The molecule has 0 aromatic carbocycles. The molecule has 5 nitrogen and oxygen atoms in total. The van der Waals surface area contributed by atoms with E-state index < -0.39 is 7.82 Å². The Morgan fingerprint density at radius 1 is 0.800 bits per heavy atom. The number of phosphoric ester groups is 1. The molecule has 0 radical (unpaired) electrons. The summed E-state index contributed by atoms with van der Waals surface area (Å²) in [5.41, 5.74) is 0. The zero-order chi connectivity index (χ0) is 13.0. The Hall–Kier alpha value is 2.07. The second kappa shape index (κ2) is 21.1. The van der Waals surface area contributed by atoms with E-state index in [-0.39, 0.29) is 71.2 Å². The Bertz CT molecular complexity index is 214. The molecule has 8 heteroatoms. The fourth-order valence-electron chi connectivity index (χ4n) is 1.77. The van der Waals surface area contributed by atoms with E-state index in [4.69, 9.17) is 0 Å². The van der Waals surface area contributed by atoms with Crippen molar-refractivity contribution in [3.63, 3.8) is 0 Å². The van der Waals surface area contributed by atoms with Crippen LogP contribution in [0.4, 0.5) is 0 Å². The second-order valence-corrected chi connectivity index (χ2v) is 5.62.